The molecule has 0 aliphatic carbocycles. The Kier molecular flexibility index (Phi) is 5.12. The summed E-state index contributed by atoms with van der Waals surface area (Å²) in [6.07, 6.45) is 1.97. The highest BCUT2D eigenvalue weighted by Crippen LogP contribution is 2.44. The van der Waals surface area contributed by atoms with Gasteiger partial charge in [0.1, 0.15) is 5.82 Å². The van der Waals surface area contributed by atoms with Gasteiger partial charge in [-0.15, -0.1) is 0 Å². The van der Waals surface area contributed by atoms with E-state index in [2.05, 4.69) is 23.6 Å². The molecule has 0 saturated carbocycles. The summed E-state index contributed by atoms with van der Waals surface area (Å²) >= 11 is 0. The largest absolute Gasteiger partial charge is 0.379 e. The second-order valence-electron chi connectivity index (χ2n) is 8.71. The van der Waals surface area contributed by atoms with Crippen molar-refractivity contribution in [2.45, 2.75) is 38.3 Å². The molecule has 3 aliphatic rings. The molecule has 0 radical (unpaired) electrons. The number of carbonyl (C=O) groups is 1. The van der Waals surface area contributed by atoms with Crippen molar-refractivity contribution < 1.29 is 13.9 Å². The molecule has 2 atom stereocenters. The van der Waals surface area contributed by atoms with Crippen LogP contribution >= 0.6 is 0 Å². The number of nitrogens with zero attached hydrogens (tertiary/aromatic N) is 3. The van der Waals surface area contributed by atoms with E-state index in [0.29, 0.717) is 18.5 Å². The molecule has 3 aliphatic heterocycles. The number of morpholine rings is 1. The Balaban J connectivity index is 1.44. The number of hydrogen-bond acceptors (Lipinski definition) is 4. The van der Waals surface area contributed by atoms with Crippen molar-refractivity contribution in [2.24, 2.45) is 5.92 Å². The fourth-order valence-corrected chi connectivity index (χ4v) is 5.19. The van der Waals surface area contributed by atoms with Crippen molar-refractivity contribution in [3.05, 3.63) is 30.1 Å². The molecule has 1 aromatic carbocycles. The van der Waals surface area contributed by atoms with Crippen molar-refractivity contribution in [3.8, 4) is 0 Å². The number of amides is 1. The highest BCUT2D eigenvalue weighted by atomic mass is 19.1. The van der Waals surface area contributed by atoms with E-state index < -0.39 is 0 Å². The van der Waals surface area contributed by atoms with E-state index in [4.69, 9.17) is 4.74 Å². The van der Waals surface area contributed by atoms with Crippen molar-refractivity contribution >= 4 is 11.6 Å². The molecular formula is C21H30FN3O2. The summed E-state index contributed by atoms with van der Waals surface area (Å²) in [5.74, 6) is 0.480. The zero-order valence-electron chi connectivity index (χ0n) is 16.4. The van der Waals surface area contributed by atoms with Crippen LogP contribution in [0.25, 0.3) is 0 Å². The van der Waals surface area contributed by atoms with Crippen LogP contribution in [-0.2, 0) is 9.53 Å². The quantitative estimate of drug-likeness (QED) is 0.813. The van der Waals surface area contributed by atoms with Crippen LogP contribution in [0.2, 0.25) is 0 Å². The van der Waals surface area contributed by atoms with Crippen LogP contribution in [0.4, 0.5) is 10.1 Å². The average molecular weight is 375 g/mol. The monoisotopic (exact) mass is 375 g/mol. The summed E-state index contributed by atoms with van der Waals surface area (Å²) in [6.45, 7) is 9.67. The SMILES string of the molecule is CC1(C)C[C@@H]2CN(C(=O)CN3CCOCC3)CC[C@@H]2N1c1cccc(F)c1. The number of carbonyl (C=O) groups excluding carboxylic acids is 1. The Bertz CT molecular complexity index is 690. The molecule has 1 aromatic rings. The van der Waals surface area contributed by atoms with Crippen LogP contribution in [0.15, 0.2) is 24.3 Å². The summed E-state index contributed by atoms with van der Waals surface area (Å²) in [6, 6.07) is 7.30. The molecule has 4 rings (SSSR count). The van der Waals surface area contributed by atoms with Gasteiger partial charge >= 0.3 is 0 Å². The van der Waals surface area contributed by atoms with Crippen LogP contribution < -0.4 is 4.90 Å². The van der Waals surface area contributed by atoms with Gasteiger partial charge in [-0.05, 0) is 50.8 Å². The standard InChI is InChI=1S/C21H30FN3O2/c1-21(2)13-16-14-24(20(26)15-23-8-10-27-11-9-23)7-6-19(16)25(21)18-5-3-4-17(22)12-18/h3-5,12,16,19H,6-11,13-15H2,1-2H3/t16-,19+/m1/s1. The van der Waals surface area contributed by atoms with Gasteiger partial charge < -0.3 is 14.5 Å². The Hall–Kier alpha value is -1.66. The lowest BCUT2D eigenvalue weighted by molar-refractivity contribution is -0.135. The normalized spacial score (nSPS) is 28.3. The number of likely N-dealkylation sites (tertiary alicyclic amines) is 1. The first-order valence-electron chi connectivity index (χ1n) is 10.1. The number of fused-ring (bicyclic) bond motifs is 1. The summed E-state index contributed by atoms with van der Waals surface area (Å²) in [4.78, 5) is 19.4. The van der Waals surface area contributed by atoms with Crippen molar-refractivity contribution in [1.29, 1.82) is 0 Å². The lowest BCUT2D eigenvalue weighted by Crippen LogP contribution is -2.52. The number of halogens is 1. The van der Waals surface area contributed by atoms with Crippen LogP contribution in [-0.4, -0.2) is 73.2 Å². The fraction of sp³-hybridized carbons (Fsp3) is 0.667. The van der Waals surface area contributed by atoms with Crippen LogP contribution in [0.3, 0.4) is 0 Å². The molecule has 5 nitrogen and oxygen atoms in total. The smallest absolute Gasteiger partial charge is 0.236 e. The third-order valence-corrected chi connectivity index (χ3v) is 6.34. The van der Waals surface area contributed by atoms with Gasteiger partial charge in [-0.25, -0.2) is 4.39 Å². The molecule has 1 amide bonds. The maximum Gasteiger partial charge on any atom is 0.236 e. The number of ether oxygens (including phenoxy) is 1. The number of benzene rings is 1. The Morgan fingerprint density at radius 3 is 2.78 bits per heavy atom. The number of rotatable bonds is 3. The second-order valence-corrected chi connectivity index (χ2v) is 8.71. The van der Waals surface area contributed by atoms with Crippen LogP contribution in [0.1, 0.15) is 26.7 Å². The minimum Gasteiger partial charge on any atom is -0.379 e. The molecule has 3 saturated heterocycles. The summed E-state index contributed by atoms with van der Waals surface area (Å²) < 4.78 is 19.2. The second kappa shape index (κ2) is 7.40. The van der Waals surface area contributed by atoms with E-state index in [-0.39, 0.29) is 17.3 Å². The molecule has 0 bridgehead atoms. The summed E-state index contributed by atoms with van der Waals surface area (Å²) in [7, 11) is 0. The average Bonchev–Trinajstić information content (AvgIpc) is 2.91. The van der Waals surface area contributed by atoms with E-state index in [1.165, 1.54) is 6.07 Å². The zero-order valence-corrected chi connectivity index (χ0v) is 16.4. The molecule has 27 heavy (non-hydrogen) atoms. The summed E-state index contributed by atoms with van der Waals surface area (Å²) in [5, 5.41) is 0. The van der Waals surface area contributed by atoms with Gasteiger partial charge in [-0.1, -0.05) is 6.07 Å². The van der Waals surface area contributed by atoms with Gasteiger partial charge in [0, 0.05) is 43.4 Å². The maximum atomic E-state index is 13.8. The van der Waals surface area contributed by atoms with Gasteiger partial charge in [0.15, 0.2) is 0 Å². The maximum absolute atomic E-state index is 13.8. The molecule has 0 aromatic heterocycles. The van der Waals surface area contributed by atoms with Gasteiger partial charge in [-0.3, -0.25) is 9.69 Å². The first kappa shape index (κ1) is 18.7. The van der Waals surface area contributed by atoms with Crippen molar-refractivity contribution in [2.75, 3.05) is 50.8 Å². The molecule has 6 heteroatoms. The molecule has 148 valence electrons. The zero-order chi connectivity index (χ0) is 19.0. The molecule has 3 heterocycles. The molecule has 3 fully saturated rings. The number of piperidine rings is 1. The highest BCUT2D eigenvalue weighted by Gasteiger charge is 2.48. The predicted octanol–water partition coefficient (Wildman–Crippen LogP) is 2.36. The van der Waals surface area contributed by atoms with Gasteiger partial charge in [-0.2, -0.15) is 0 Å². The fourth-order valence-electron chi connectivity index (χ4n) is 5.19. The minimum atomic E-state index is -0.190. The number of anilines is 1. The van der Waals surface area contributed by atoms with Crippen molar-refractivity contribution in [1.82, 2.24) is 9.80 Å². The first-order chi connectivity index (χ1) is 12.9. The number of hydrogen-bond donors (Lipinski definition) is 0. The Morgan fingerprint density at radius 2 is 2.04 bits per heavy atom. The van der Waals surface area contributed by atoms with Crippen molar-refractivity contribution in [3.63, 3.8) is 0 Å². The van der Waals surface area contributed by atoms with Gasteiger partial charge in [0.05, 0.1) is 19.8 Å². The van der Waals surface area contributed by atoms with E-state index in [1.807, 2.05) is 11.0 Å². The van der Waals surface area contributed by atoms with E-state index in [9.17, 15) is 9.18 Å². The Morgan fingerprint density at radius 1 is 1.26 bits per heavy atom. The van der Waals surface area contributed by atoms with E-state index in [0.717, 1.165) is 57.9 Å². The Labute approximate surface area is 161 Å². The van der Waals surface area contributed by atoms with Crippen LogP contribution in [0.5, 0.6) is 0 Å². The lowest BCUT2D eigenvalue weighted by Gasteiger charge is -2.42. The minimum absolute atomic E-state index is 0.0353. The lowest BCUT2D eigenvalue weighted by atomic mass is 9.89. The molecule has 0 spiro atoms. The van der Waals surface area contributed by atoms with E-state index >= 15 is 0 Å². The topological polar surface area (TPSA) is 36.0 Å². The summed E-state index contributed by atoms with van der Waals surface area (Å²) in [5.41, 5.74) is 0.924. The van der Waals surface area contributed by atoms with Crippen LogP contribution in [0, 0.1) is 11.7 Å². The molecular weight excluding hydrogens is 345 g/mol. The third kappa shape index (κ3) is 3.83. The first-order valence-corrected chi connectivity index (χ1v) is 10.1. The predicted molar refractivity (Wildman–Crippen MR) is 103 cm³/mol. The van der Waals surface area contributed by atoms with E-state index in [1.54, 1.807) is 12.1 Å². The highest BCUT2D eigenvalue weighted by molar-refractivity contribution is 5.78. The third-order valence-electron chi connectivity index (χ3n) is 6.34. The molecule has 0 unspecified atom stereocenters. The van der Waals surface area contributed by atoms with Gasteiger partial charge in [0.25, 0.3) is 0 Å². The van der Waals surface area contributed by atoms with Gasteiger partial charge in [0.2, 0.25) is 5.91 Å². The molecule has 0 N–H and O–H groups in total.